The SMILES string of the molecule is CC(=O)C(C)(c1cccs1)c1cccs1. The van der Waals surface area contributed by atoms with E-state index in [0.29, 0.717) is 0 Å². The van der Waals surface area contributed by atoms with Gasteiger partial charge in [0, 0.05) is 9.75 Å². The highest BCUT2D eigenvalue weighted by atomic mass is 32.1. The predicted molar refractivity (Wildman–Crippen MR) is 65.8 cm³/mol. The van der Waals surface area contributed by atoms with Crippen molar-refractivity contribution < 1.29 is 4.79 Å². The maximum absolute atomic E-state index is 11.9. The molecule has 2 heterocycles. The van der Waals surface area contributed by atoms with Crippen LogP contribution in [-0.4, -0.2) is 5.78 Å². The highest BCUT2D eigenvalue weighted by Crippen LogP contribution is 2.38. The first kappa shape index (κ1) is 10.6. The summed E-state index contributed by atoms with van der Waals surface area (Å²) in [5, 5.41) is 4.04. The molecule has 1 nitrogen and oxygen atoms in total. The number of Topliss-reactive ketones (excluding diaryl/α,β-unsaturated/α-hetero) is 1. The molecule has 0 aliphatic carbocycles. The van der Waals surface area contributed by atoms with Gasteiger partial charge in [-0.2, -0.15) is 0 Å². The number of thiophene rings is 2. The Kier molecular flexibility index (Phi) is 2.76. The fourth-order valence-electron chi connectivity index (χ4n) is 1.59. The minimum absolute atomic E-state index is 0.201. The van der Waals surface area contributed by atoms with Crippen molar-refractivity contribution in [2.24, 2.45) is 0 Å². The smallest absolute Gasteiger partial charge is 0.146 e. The monoisotopic (exact) mass is 236 g/mol. The molecular formula is C12H12OS2. The molecule has 0 unspecified atom stereocenters. The van der Waals surface area contributed by atoms with E-state index in [1.807, 2.05) is 41.9 Å². The minimum Gasteiger partial charge on any atom is -0.299 e. The lowest BCUT2D eigenvalue weighted by molar-refractivity contribution is -0.120. The van der Waals surface area contributed by atoms with Crippen molar-refractivity contribution in [2.75, 3.05) is 0 Å². The van der Waals surface area contributed by atoms with Gasteiger partial charge in [0.25, 0.3) is 0 Å². The first-order valence-electron chi connectivity index (χ1n) is 4.74. The van der Waals surface area contributed by atoms with Crippen LogP contribution in [0.4, 0.5) is 0 Å². The molecule has 0 aliphatic heterocycles. The van der Waals surface area contributed by atoms with Gasteiger partial charge in [0.1, 0.15) is 5.78 Å². The standard InChI is InChI=1S/C12H12OS2/c1-9(13)12(2,10-5-3-7-14-10)11-6-4-8-15-11/h3-8H,1-2H3. The van der Waals surface area contributed by atoms with Crippen LogP contribution in [0.25, 0.3) is 0 Å². The normalized spacial score (nSPS) is 11.6. The number of ketones is 1. The largest absolute Gasteiger partial charge is 0.299 e. The molecule has 2 rings (SSSR count). The number of rotatable bonds is 3. The summed E-state index contributed by atoms with van der Waals surface area (Å²) in [6, 6.07) is 8.06. The van der Waals surface area contributed by atoms with Crippen molar-refractivity contribution in [3.8, 4) is 0 Å². The summed E-state index contributed by atoms with van der Waals surface area (Å²) in [5.74, 6) is 0.201. The van der Waals surface area contributed by atoms with Crippen LogP contribution >= 0.6 is 22.7 Å². The Morgan fingerprint density at radius 2 is 1.60 bits per heavy atom. The molecule has 0 aromatic carbocycles. The van der Waals surface area contributed by atoms with Crippen molar-refractivity contribution in [1.82, 2.24) is 0 Å². The van der Waals surface area contributed by atoms with Crippen LogP contribution in [0.5, 0.6) is 0 Å². The number of hydrogen-bond donors (Lipinski definition) is 0. The van der Waals surface area contributed by atoms with E-state index in [2.05, 4.69) is 0 Å². The second-order valence-corrected chi connectivity index (χ2v) is 5.53. The van der Waals surface area contributed by atoms with E-state index in [9.17, 15) is 4.79 Å². The van der Waals surface area contributed by atoms with Crippen LogP contribution < -0.4 is 0 Å². The molecule has 0 saturated carbocycles. The fraction of sp³-hybridized carbons (Fsp3) is 0.250. The topological polar surface area (TPSA) is 17.1 Å². The molecular weight excluding hydrogens is 224 g/mol. The van der Waals surface area contributed by atoms with E-state index in [1.54, 1.807) is 29.6 Å². The zero-order valence-electron chi connectivity index (χ0n) is 8.69. The van der Waals surface area contributed by atoms with Crippen LogP contribution in [0.1, 0.15) is 23.6 Å². The molecule has 2 aromatic heterocycles. The highest BCUT2D eigenvalue weighted by Gasteiger charge is 2.35. The van der Waals surface area contributed by atoms with E-state index in [4.69, 9.17) is 0 Å². The lowest BCUT2D eigenvalue weighted by Gasteiger charge is -2.24. The Labute approximate surface area is 97.4 Å². The van der Waals surface area contributed by atoms with Gasteiger partial charge in [0.15, 0.2) is 0 Å². The van der Waals surface area contributed by atoms with Gasteiger partial charge in [-0.1, -0.05) is 12.1 Å². The average Bonchev–Trinajstić information content (AvgIpc) is 2.89. The summed E-state index contributed by atoms with van der Waals surface area (Å²) in [5.41, 5.74) is -0.456. The molecule has 78 valence electrons. The number of hydrogen-bond acceptors (Lipinski definition) is 3. The van der Waals surface area contributed by atoms with E-state index >= 15 is 0 Å². The minimum atomic E-state index is -0.456. The first-order chi connectivity index (χ1) is 7.15. The molecule has 0 atom stereocenters. The molecule has 3 heteroatoms. The second-order valence-electron chi connectivity index (χ2n) is 3.64. The fourth-order valence-corrected chi connectivity index (χ4v) is 3.56. The molecule has 0 amide bonds. The number of carbonyl (C=O) groups is 1. The van der Waals surface area contributed by atoms with Gasteiger partial charge < -0.3 is 0 Å². The van der Waals surface area contributed by atoms with Gasteiger partial charge in [-0.3, -0.25) is 4.79 Å². The molecule has 0 aliphatic rings. The summed E-state index contributed by atoms with van der Waals surface area (Å²) in [4.78, 5) is 14.1. The van der Waals surface area contributed by atoms with Crippen molar-refractivity contribution in [2.45, 2.75) is 19.3 Å². The highest BCUT2D eigenvalue weighted by molar-refractivity contribution is 7.12. The van der Waals surface area contributed by atoms with Crippen LogP contribution in [-0.2, 0) is 10.2 Å². The third-order valence-electron chi connectivity index (χ3n) is 2.73. The third kappa shape index (κ3) is 1.66. The Morgan fingerprint density at radius 1 is 1.13 bits per heavy atom. The summed E-state index contributed by atoms with van der Waals surface area (Å²) in [6.07, 6.45) is 0. The zero-order chi connectivity index (χ0) is 10.9. The van der Waals surface area contributed by atoms with Gasteiger partial charge in [0.2, 0.25) is 0 Å². The lowest BCUT2D eigenvalue weighted by Crippen LogP contribution is -2.29. The Hall–Kier alpha value is -0.930. The Balaban J connectivity index is 2.56. The maximum Gasteiger partial charge on any atom is 0.146 e. The molecule has 0 fully saturated rings. The predicted octanol–water partition coefficient (Wildman–Crippen LogP) is 3.70. The summed E-state index contributed by atoms with van der Waals surface area (Å²) in [6.45, 7) is 3.67. The molecule has 0 spiro atoms. The van der Waals surface area contributed by atoms with Gasteiger partial charge in [-0.05, 0) is 36.7 Å². The summed E-state index contributed by atoms with van der Waals surface area (Å²) >= 11 is 3.28. The number of carbonyl (C=O) groups excluding carboxylic acids is 1. The molecule has 2 aromatic rings. The van der Waals surface area contributed by atoms with E-state index in [0.717, 1.165) is 9.75 Å². The Morgan fingerprint density at radius 3 is 1.87 bits per heavy atom. The van der Waals surface area contributed by atoms with Crippen molar-refractivity contribution in [1.29, 1.82) is 0 Å². The maximum atomic E-state index is 11.9. The van der Waals surface area contributed by atoms with Crippen molar-refractivity contribution in [3.05, 3.63) is 44.8 Å². The third-order valence-corrected chi connectivity index (χ3v) is 4.92. The first-order valence-corrected chi connectivity index (χ1v) is 6.50. The lowest BCUT2D eigenvalue weighted by atomic mass is 9.83. The van der Waals surface area contributed by atoms with Crippen LogP contribution in [0, 0.1) is 0 Å². The molecule has 0 N–H and O–H groups in total. The average molecular weight is 236 g/mol. The summed E-state index contributed by atoms with van der Waals surface area (Å²) in [7, 11) is 0. The van der Waals surface area contributed by atoms with Crippen LogP contribution in [0.3, 0.4) is 0 Å². The van der Waals surface area contributed by atoms with Crippen molar-refractivity contribution in [3.63, 3.8) is 0 Å². The van der Waals surface area contributed by atoms with Crippen LogP contribution in [0.2, 0.25) is 0 Å². The van der Waals surface area contributed by atoms with Gasteiger partial charge in [0.05, 0.1) is 5.41 Å². The zero-order valence-corrected chi connectivity index (χ0v) is 10.3. The molecule has 0 radical (unpaired) electrons. The quantitative estimate of drug-likeness (QED) is 0.794. The summed E-state index contributed by atoms with van der Waals surface area (Å²) < 4.78 is 0. The van der Waals surface area contributed by atoms with E-state index < -0.39 is 5.41 Å². The molecule has 15 heavy (non-hydrogen) atoms. The Bertz CT molecular complexity index is 406. The second kappa shape index (κ2) is 3.91. The van der Waals surface area contributed by atoms with Crippen molar-refractivity contribution >= 4 is 28.5 Å². The van der Waals surface area contributed by atoms with Gasteiger partial charge in [-0.25, -0.2) is 0 Å². The van der Waals surface area contributed by atoms with Gasteiger partial charge in [-0.15, -0.1) is 22.7 Å². The van der Waals surface area contributed by atoms with E-state index in [1.165, 1.54) is 0 Å². The van der Waals surface area contributed by atoms with Crippen LogP contribution in [0.15, 0.2) is 35.0 Å². The molecule has 0 saturated heterocycles. The van der Waals surface area contributed by atoms with Gasteiger partial charge >= 0.3 is 0 Å². The van der Waals surface area contributed by atoms with E-state index in [-0.39, 0.29) is 5.78 Å². The molecule has 0 bridgehead atoms.